The van der Waals surface area contributed by atoms with Gasteiger partial charge in [0, 0.05) is 21.8 Å². The van der Waals surface area contributed by atoms with E-state index in [2.05, 4.69) is 10.0 Å². The van der Waals surface area contributed by atoms with Gasteiger partial charge < -0.3 is 5.32 Å². The Bertz CT molecular complexity index is 824. The molecule has 0 fully saturated rings. The second-order valence-electron chi connectivity index (χ2n) is 6.34. The van der Waals surface area contributed by atoms with Crippen molar-refractivity contribution in [3.8, 4) is 0 Å². The number of sulfonamides is 1. The van der Waals surface area contributed by atoms with Gasteiger partial charge in [0.1, 0.15) is 0 Å². The maximum atomic E-state index is 12.2. The second kappa shape index (κ2) is 6.93. The number of carbonyl (C=O) groups is 1. The molecule has 0 aliphatic heterocycles. The summed E-state index contributed by atoms with van der Waals surface area (Å²) in [7, 11) is -3.60. The van der Waals surface area contributed by atoms with E-state index >= 15 is 0 Å². The van der Waals surface area contributed by atoms with Gasteiger partial charge in [-0.2, -0.15) is 0 Å². The quantitative estimate of drug-likeness (QED) is 0.866. The Hall–Kier alpha value is -1.89. The summed E-state index contributed by atoms with van der Waals surface area (Å²) in [5.41, 5.74) is 0.399. The number of rotatable bonds is 4. The lowest BCUT2D eigenvalue weighted by Gasteiger charge is -2.20. The van der Waals surface area contributed by atoms with Crippen LogP contribution in [0.1, 0.15) is 31.1 Å². The first-order valence-corrected chi connectivity index (χ1v) is 9.14. The van der Waals surface area contributed by atoms with Crippen molar-refractivity contribution in [3.05, 3.63) is 59.1 Å². The predicted molar refractivity (Wildman–Crippen MR) is 95.9 cm³/mol. The fourth-order valence-corrected chi connectivity index (χ4v) is 3.53. The first kappa shape index (κ1) is 18.4. The van der Waals surface area contributed by atoms with E-state index in [1.54, 1.807) is 57.2 Å². The molecule has 0 atom stereocenters. The molecule has 2 N–H and O–H groups in total. The minimum absolute atomic E-state index is 0.141. The Morgan fingerprint density at radius 1 is 0.958 bits per heavy atom. The molecule has 5 nitrogen and oxygen atoms in total. The largest absolute Gasteiger partial charge is 0.322 e. The summed E-state index contributed by atoms with van der Waals surface area (Å²) in [6, 6.07) is 12.5. The van der Waals surface area contributed by atoms with Crippen LogP contribution in [0.25, 0.3) is 0 Å². The molecule has 0 aliphatic carbocycles. The predicted octanol–water partition coefficient (Wildman–Crippen LogP) is 3.67. The lowest BCUT2D eigenvalue weighted by molar-refractivity contribution is 0.102. The van der Waals surface area contributed by atoms with E-state index in [1.165, 1.54) is 12.1 Å². The Kier molecular flexibility index (Phi) is 5.32. The minimum atomic E-state index is -3.60. The zero-order valence-corrected chi connectivity index (χ0v) is 15.2. The summed E-state index contributed by atoms with van der Waals surface area (Å²) in [6.07, 6.45) is 0. The third-order valence-electron chi connectivity index (χ3n) is 2.97. The van der Waals surface area contributed by atoms with Gasteiger partial charge in [-0.15, -0.1) is 0 Å². The third-order valence-corrected chi connectivity index (χ3v) is 5.00. The second-order valence-corrected chi connectivity index (χ2v) is 8.46. The van der Waals surface area contributed by atoms with Crippen LogP contribution in [-0.4, -0.2) is 19.9 Å². The third kappa shape index (κ3) is 5.06. The van der Waals surface area contributed by atoms with Crippen LogP contribution in [-0.2, 0) is 10.0 Å². The summed E-state index contributed by atoms with van der Waals surface area (Å²) >= 11 is 5.79. The van der Waals surface area contributed by atoms with E-state index in [0.29, 0.717) is 16.3 Å². The number of hydrogen-bond acceptors (Lipinski definition) is 3. The molecular formula is C17H19ClN2O3S. The average molecular weight is 367 g/mol. The molecule has 2 aromatic carbocycles. The fraction of sp³-hybridized carbons (Fsp3) is 0.235. The Labute approximate surface area is 147 Å². The summed E-state index contributed by atoms with van der Waals surface area (Å²) in [6.45, 7) is 5.31. The normalized spacial score (nSPS) is 12.0. The van der Waals surface area contributed by atoms with Gasteiger partial charge in [0.05, 0.1) is 4.90 Å². The van der Waals surface area contributed by atoms with Crippen LogP contribution in [0.5, 0.6) is 0 Å². The highest BCUT2D eigenvalue weighted by atomic mass is 35.5. The van der Waals surface area contributed by atoms with Gasteiger partial charge in [-0.3, -0.25) is 4.79 Å². The molecule has 0 aliphatic rings. The van der Waals surface area contributed by atoms with Crippen LogP contribution in [0.4, 0.5) is 5.69 Å². The topological polar surface area (TPSA) is 75.3 Å². The van der Waals surface area contributed by atoms with E-state index in [9.17, 15) is 13.2 Å². The highest BCUT2D eigenvalue weighted by Gasteiger charge is 2.21. The van der Waals surface area contributed by atoms with Crippen molar-refractivity contribution >= 4 is 33.2 Å². The highest BCUT2D eigenvalue weighted by molar-refractivity contribution is 7.89. The van der Waals surface area contributed by atoms with Gasteiger partial charge in [-0.25, -0.2) is 13.1 Å². The van der Waals surface area contributed by atoms with Crippen LogP contribution in [0, 0.1) is 0 Å². The van der Waals surface area contributed by atoms with Gasteiger partial charge in [-0.05, 0) is 69.3 Å². The van der Waals surface area contributed by atoms with Gasteiger partial charge in [-0.1, -0.05) is 11.6 Å². The molecule has 0 unspecified atom stereocenters. The van der Waals surface area contributed by atoms with Crippen LogP contribution in [0.2, 0.25) is 5.02 Å². The van der Waals surface area contributed by atoms with Gasteiger partial charge in [0.15, 0.2) is 0 Å². The zero-order valence-electron chi connectivity index (χ0n) is 13.6. The van der Waals surface area contributed by atoms with E-state index in [4.69, 9.17) is 11.6 Å². The Balaban J connectivity index is 2.12. The molecule has 0 heterocycles. The first-order valence-electron chi connectivity index (χ1n) is 7.28. The van der Waals surface area contributed by atoms with Crippen LogP contribution >= 0.6 is 11.6 Å². The highest BCUT2D eigenvalue weighted by Crippen LogP contribution is 2.17. The van der Waals surface area contributed by atoms with Crippen LogP contribution in [0.15, 0.2) is 53.4 Å². The number of hydrogen-bond donors (Lipinski definition) is 2. The summed E-state index contributed by atoms with van der Waals surface area (Å²) in [5.74, 6) is -0.296. The SMILES string of the molecule is CC(C)(C)NS(=O)(=O)c1ccc(NC(=O)c2ccc(Cl)cc2)cc1. The minimum Gasteiger partial charge on any atom is -0.322 e. The number of nitrogens with one attached hydrogen (secondary N) is 2. The molecule has 0 radical (unpaired) electrons. The van der Waals surface area contributed by atoms with Gasteiger partial charge in [0.25, 0.3) is 5.91 Å². The van der Waals surface area contributed by atoms with E-state index in [1.807, 2.05) is 0 Å². The van der Waals surface area contributed by atoms with Crippen molar-refractivity contribution in [1.82, 2.24) is 4.72 Å². The van der Waals surface area contributed by atoms with E-state index in [0.717, 1.165) is 0 Å². The molecule has 0 aromatic heterocycles. The fourth-order valence-electron chi connectivity index (χ4n) is 1.98. The molecule has 24 heavy (non-hydrogen) atoms. The molecule has 0 spiro atoms. The molecule has 7 heteroatoms. The molecule has 0 saturated heterocycles. The molecule has 2 rings (SSSR count). The smallest absolute Gasteiger partial charge is 0.255 e. The van der Waals surface area contributed by atoms with Crippen LogP contribution < -0.4 is 10.0 Å². The maximum Gasteiger partial charge on any atom is 0.255 e. The van der Waals surface area contributed by atoms with E-state index < -0.39 is 15.6 Å². The average Bonchev–Trinajstić information content (AvgIpc) is 2.46. The van der Waals surface area contributed by atoms with Crippen molar-refractivity contribution < 1.29 is 13.2 Å². The van der Waals surface area contributed by atoms with Gasteiger partial charge >= 0.3 is 0 Å². The van der Waals surface area contributed by atoms with Crippen molar-refractivity contribution in [3.63, 3.8) is 0 Å². The van der Waals surface area contributed by atoms with E-state index in [-0.39, 0.29) is 10.8 Å². The van der Waals surface area contributed by atoms with Crippen molar-refractivity contribution in [2.45, 2.75) is 31.2 Å². The van der Waals surface area contributed by atoms with Crippen molar-refractivity contribution in [2.75, 3.05) is 5.32 Å². The lowest BCUT2D eigenvalue weighted by Crippen LogP contribution is -2.40. The monoisotopic (exact) mass is 366 g/mol. The number of amides is 1. The Morgan fingerprint density at radius 2 is 1.50 bits per heavy atom. The van der Waals surface area contributed by atoms with Crippen molar-refractivity contribution in [1.29, 1.82) is 0 Å². The number of halogens is 1. The molecule has 2 aromatic rings. The standard InChI is InChI=1S/C17H19ClN2O3S/c1-17(2,3)20-24(22,23)15-10-8-14(9-11-15)19-16(21)12-4-6-13(18)7-5-12/h4-11,20H,1-3H3,(H,19,21). The summed E-state index contributed by atoms with van der Waals surface area (Å²) in [5, 5.41) is 3.26. The number of anilines is 1. The van der Waals surface area contributed by atoms with Crippen molar-refractivity contribution in [2.24, 2.45) is 0 Å². The summed E-state index contributed by atoms with van der Waals surface area (Å²) < 4.78 is 27.0. The zero-order chi connectivity index (χ0) is 18.0. The number of carbonyl (C=O) groups excluding carboxylic acids is 1. The molecule has 128 valence electrons. The first-order chi connectivity index (χ1) is 11.1. The molecule has 1 amide bonds. The number of benzene rings is 2. The summed E-state index contributed by atoms with van der Waals surface area (Å²) in [4.78, 5) is 12.3. The van der Waals surface area contributed by atoms with Crippen LogP contribution in [0.3, 0.4) is 0 Å². The lowest BCUT2D eigenvalue weighted by atomic mass is 10.1. The van der Waals surface area contributed by atoms with Gasteiger partial charge in [0.2, 0.25) is 10.0 Å². The molecule has 0 bridgehead atoms. The molecule has 0 saturated carbocycles. The molecular weight excluding hydrogens is 348 g/mol. The maximum absolute atomic E-state index is 12.2. The Morgan fingerprint density at radius 3 is 2.00 bits per heavy atom.